The Bertz CT molecular complexity index is 663. The molecule has 0 spiro atoms. The maximum absolute atomic E-state index is 13.1. The lowest BCUT2D eigenvalue weighted by Gasteiger charge is -2.14. The highest BCUT2D eigenvalue weighted by Crippen LogP contribution is 2.13. The monoisotopic (exact) mass is 312 g/mol. The second-order valence-corrected chi connectivity index (χ2v) is 5.99. The molecule has 1 amide bonds. The van der Waals surface area contributed by atoms with Crippen LogP contribution in [0.2, 0.25) is 0 Å². The molecule has 0 bridgehead atoms. The van der Waals surface area contributed by atoms with Gasteiger partial charge in [0.2, 0.25) is 0 Å². The van der Waals surface area contributed by atoms with E-state index in [1.54, 1.807) is 12.1 Å². The Kier molecular flexibility index (Phi) is 5.03. The number of carbonyl (C=O) groups is 1. The Hall–Kier alpha value is -2.20. The summed E-state index contributed by atoms with van der Waals surface area (Å²) in [4.78, 5) is 14.6. The predicted molar refractivity (Wildman–Crippen MR) is 88.5 cm³/mol. The highest BCUT2D eigenvalue weighted by atomic mass is 19.1. The number of nitrogens with one attached hydrogen (secondary N) is 1. The topological polar surface area (TPSA) is 32.3 Å². The molecular weight excluding hydrogens is 291 g/mol. The van der Waals surface area contributed by atoms with Crippen LogP contribution < -0.4 is 5.32 Å². The van der Waals surface area contributed by atoms with Gasteiger partial charge in [0.05, 0.1) is 0 Å². The maximum Gasteiger partial charge on any atom is 0.251 e. The van der Waals surface area contributed by atoms with Crippen LogP contribution in [0, 0.1) is 5.82 Å². The maximum atomic E-state index is 13.1. The SMILES string of the molecule is O=C(NCc1cccc(F)c1)c1ccc(CN2CCCC2)cc1. The number of likely N-dealkylation sites (tertiary alicyclic amines) is 1. The smallest absolute Gasteiger partial charge is 0.251 e. The second-order valence-electron chi connectivity index (χ2n) is 5.99. The summed E-state index contributed by atoms with van der Waals surface area (Å²) in [5.74, 6) is -0.426. The fourth-order valence-electron chi connectivity index (χ4n) is 2.89. The Labute approximate surface area is 136 Å². The van der Waals surface area contributed by atoms with E-state index in [-0.39, 0.29) is 11.7 Å². The molecule has 4 heteroatoms. The van der Waals surface area contributed by atoms with E-state index in [1.807, 2.05) is 24.3 Å². The summed E-state index contributed by atoms with van der Waals surface area (Å²) in [5, 5.41) is 2.82. The van der Waals surface area contributed by atoms with Crippen LogP contribution >= 0.6 is 0 Å². The summed E-state index contributed by atoms with van der Waals surface area (Å²) in [7, 11) is 0. The summed E-state index contributed by atoms with van der Waals surface area (Å²) >= 11 is 0. The quantitative estimate of drug-likeness (QED) is 0.918. The van der Waals surface area contributed by atoms with Crippen LogP contribution in [0.25, 0.3) is 0 Å². The van der Waals surface area contributed by atoms with E-state index in [4.69, 9.17) is 0 Å². The number of halogens is 1. The Morgan fingerprint density at radius 1 is 1.04 bits per heavy atom. The third-order valence-electron chi connectivity index (χ3n) is 4.16. The van der Waals surface area contributed by atoms with Gasteiger partial charge in [0.15, 0.2) is 0 Å². The number of rotatable bonds is 5. The number of carbonyl (C=O) groups excluding carboxylic acids is 1. The summed E-state index contributed by atoms with van der Waals surface area (Å²) in [6.45, 7) is 3.60. The van der Waals surface area contributed by atoms with Crippen molar-refractivity contribution in [2.75, 3.05) is 13.1 Å². The number of hydrogen-bond donors (Lipinski definition) is 1. The molecule has 120 valence electrons. The molecule has 3 rings (SSSR count). The van der Waals surface area contributed by atoms with E-state index in [0.717, 1.165) is 25.2 Å². The van der Waals surface area contributed by atoms with Crippen molar-refractivity contribution in [3.8, 4) is 0 Å². The van der Waals surface area contributed by atoms with Gasteiger partial charge in [-0.3, -0.25) is 9.69 Å². The molecule has 1 saturated heterocycles. The molecule has 1 heterocycles. The molecule has 23 heavy (non-hydrogen) atoms. The normalized spacial score (nSPS) is 14.8. The average Bonchev–Trinajstić information content (AvgIpc) is 3.06. The minimum absolute atomic E-state index is 0.137. The first kappa shape index (κ1) is 15.7. The van der Waals surface area contributed by atoms with Crippen molar-refractivity contribution in [3.05, 3.63) is 71.0 Å². The largest absolute Gasteiger partial charge is 0.348 e. The van der Waals surface area contributed by atoms with Crippen LogP contribution in [-0.4, -0.2) is 23.9 Å². The van der Waals surface area contributed by atoms with Gasteiger partial charge >= 0.3 is 0 Å². The standard InChI is InChI=1S/C19H21FN2O/c20-18-5-3-4-16(12-18)13-21-19(23)17-8-6-15(7-9-17)14-22-10-1-2-11-22/h3-9,12H,1-2,10-11,13-14H2,(H,21,23). The average molecular weight is 312 g/mol. The van der Waals surface area contributed by atoms with Gasteiger partial charge in [0, 0.05) is 18.7 Å². The molecule has 0 aromatic heterocycles. The molecule has 0 unspecified atom stereocenters. The fourth-order valence-corrected chi connectivity index (χ4v) is 2.89. The third kappa shape index (κ3) is 4.39. The van der Waals surface area contributed by atoms with Crippen LogP contribution in [0.5, 0.6) is 0 Å². The highest BCUT2D eigenvalue weighted by molar-refractivity contribution is 5.94. The zero-order valence-corrected chi connectivity index (χ0v) is 13.1. The first-order valence-corrected chi connectivity index (χ1v) is 8.05. The van der Waals surface area contributed by atoms with Gasteiger partial charge < -0.3 is 5.32 Å². The Morgan fingerprint density at radius 3 is 2.48 bits per heavy atom. The van der Waals surface area contributed by atoms with Crippen LogP contribution in [-0.2, 0) is 13.1 Å². The first-order valence-electron chi connectivity index (χ1n) is 8.05. The zero-order chi connectivity index (χ0) is 16.1. The van der Waals surface area contributed by atoms with E-state index in [9.17, 15) is 9.18 Å². The van der Waals surface area contributed by atoms with Gasteiger partial charge in [-0.1, -0.05) is 24.3 Å². The van der Waals surface area contributed by atoms with Crippen LogP contribution in [0.4, 0.5) is 4.39 Å². The fraction of sp³-hybridized carbons (Fsp3) is 0.316. The second kappa shape index (κ2) is 7.38. The Balaban J connectivity index is 1.54. The molecule has 1 aliphatic rings. The third-order valence-corrected chi connectivity index (χ3v) is 4.16. The molecule has 1 N–H and O–H groups in total. The molecule has 2 aromatic rings. The van der Waals surface area contributed by atoms with E-state index in [2.05, 4.69) is 10.2 Å². The van der Waals surface area contributed by atoms with Gasteiger partial charge in [-0.2, -0.15) is 0 Å². The highest BCUT2D eigenvalue weighted by Gasteiger charge is 2.12. The summed E-state index contributed by atoms with van der Waals surface area (Å²) in [6, 6.07) is 14.0. The van der Waals surface area contributed by atoms with E-state index >= 15 is 0 Å². The van der Waals surface area contributed by atoms with E-state index in [0.29, 0.717) is 12.1 Å². The lowest BCUT2D eigenvalue weighted by molar-refractivity contribution is 0.0951. The molecule has 0 atom stereocenters. The molecule has 0 radical (unpaired) electrons. The van der Waals surface area contributed by atoms with E-state index < -0.39 is 0 Å². The number of benzene rings is 2. The summed E-state index contributed by atoms with van der Waals surface area (Å²) in [5.41, 5.74) is 2.61. The van der Waals surface area contributed by atoms with Crippen molar-refractivity contribution in [3.63, 3.8) is 0 Å². The van der Waals surface area contributed by atoms with Gasteiger partial charge in [0.1, 0.15) is 5.82 Å². The summed E-state index contributed by atoms with van der Waals surface area (Å²) < 4.78 is 13.1. The number of hydrogen-bond acceptors (Lipinski definition) is 2. The van der Waals surface area contributed by atoms with Crippen LogP contribution in [0.3, 0.4) is 0 Å². The molecule has 0 aliphatic carbocycles. The number of nitrogens with zero attached hydrogens (tertiary/aromatic N) is 1. The van der Waals surface area contributed by atoms with Crippen molar-refractivity contribution in [2.24, 2.45) is 0 Å². The van der Waals surface area contributed by atoms with Crippen LogP contribution in [0.1, 0.15) is 34.3 Å². The zero-order valence-electron chi connectivity index (χ0n) is 13.1. The molecule has 1 aliphatic heterocycles. The molecular formula is C19H21FN2O. The van der Waals surface area contributed by atoms with Crippen molar-refractivity contribution in [1.29, 1.82) is 0 Å². The summed E-state index contributed by atoms with van der Waals surface area (Å²) in [6.07, 6.45) is 2.56. The molecule has 2 aromatic carbocycles. The van der Waals surface area contributed by atoms with Gasteiger partial charge in [-0.05, 0) is 61.3 Å². The minimum atomic E-state index is -0.289. The van der Waals surface area contributed by atoms with Crippen molar-refractivity contribution < 1.29 is 9.18 Å². The van der Waals surface area contributed by atoms with Gasteiger partial charge in [-0.15, -0.1) is 0 Å². The van der Waals surface area contributed by atoms with Crippen molar-refractivity contribution in [2.45, 2.75) is 25.9 Å². The van der Waals surface area contributed by atoms with Gasteiger partial charge in [0.25, 0.3) is 5.91 Å². The van der Waals surface area contributed by atoms with Gasteiger partial charge in [-0.25, -0.2) is 4.39 Å². The predicted octanol–water partition coefficient (Wildman–Crippen LogP) is 3.35. The lowest BCUT2D eigenvalue weighted by Crippen LogP contribution is -2.23. The van der Waals surface area contributed by atoms with Crippen molar-refractivity contribution >= 4 is 5.91 Å². The molecule has 0 saturated carbocycles. The lowest BCUT2D eigenvalue weighted by atomic mass is 10.1. The van der Waals surface area contributed by atoms with Crippen molar-refractivity contribution in [1.82, 2.24) is 10.2 Å². The minimum Gasteiger partial charge on any atom is -0.348 e. The van der Waals surface area contributed by atoms with E-state index in [1.165, 1.54) is 30.5 Å². The molecule has 3 nitrogen and oxygen atoms in total. The number of amides is 1. The Morgan fingerprint density at radius 2 is 1.78 bits per heavy atom. The first-order chi connectivity index (χ1) is 11.2. The molecule has 1 fully saturated rings. The van der Waals surface area contributed by atoms with Crippen LogP contribution in [0.15, 0.2) is 48.5 Å².